The molecule has 0 fully saturated rings. The van der Waals surface area contributed by atoms with Gasteiger partial charge in [0.15, 0.2) is 0 Å². The Morgan fingerprint density at radius 2 is 2.05 bits per heavy atom. The van der Waals surface area contributed by atoms with Crippen molar-refractivity contribution in [3.63, 3.8) is 0 Å². The maximum absolute atomic E-state index is 12.2. The second kappa shape index (κ2) is 6.45. The van der Waals surface area contributed by atoms with Crippen molar-refractivity contribution in [3.8, 4) is 0 Å². The van der Waals surface area contributed by atoms with Crippen molar-refractivity contribution in [1.82, 2.24) is 20.2 Å². The van der Waals surface area contributed by atoms with Gasteiger partial charge in [-0.1, -0.05) is 11.6 Å². The van der Waals surface area contributed by atoms with E-state index in [4.69, 9.17) is 11.6 Å². The fraction of sp³-hybridized carbons (Fsp3) is 0.308. The summed E-state index contributed by atoms with van der Waals surface area (Å²) in [6.07, 6.45) is 1.42. The molecule has 0 atom stereocenters. The average Bonchev–Trinajstić information content (AvgIpc) is 2.45. The lowest BCUT2D eigenvalue weighted by Crippen LogP contribution is -2.16. The van der Waals surface area contributed by atoms with E-state index in [9.17, 15) is 4.79 Å². The van der Waals surface area contributed by atoms with Gasteiger partial charge in [0.1, 0.15) is 5.82 Å². The molecule has 2 aromatic heterocycles. The molecule has 110 valence electrons. The Balaban J connectivity index is 2.23. The quantitative estimate of drug-likeness (QED) is 0.899. The van der Waals surface area contributed by atoms with E-state index < -0.39 is 5.91 Å². The lowest BCUT2D eigenvalue weighted by molar-refractivity contribution is 0.102. The van der Waals surface area contributed by atoms with Crippen LogP contribution in [0.25, 0.3) is 0 Å². The van der Waals surface area contributed by atoms with E-state index >= 15 is 0 Å². The SMILES string of the molecule is CCNc1cc(C(=O)Nc2nnc(C)c(C)n2)c(Cl)cn1. The molecule has 0 aromatic carbocycles. The van der Waals surface area contributed by atoms with E-state index in [1.54, 1.807) is 19.9 Å². The number of hydrogen-bond donors (Lipinski definition) is 2. The lowest BCUT2D eigenvalue weighted by atomic mass is 10.2. The zero-order chi connectivity index (χ0) is 15.4. The minimum absolute atomic E-state index is 0.140. The van der Waals surface area contributed by atoms with Crippen LogP contribution in [0.1, 0.15) is 28.7 Å². The molecule has 2 heterocycles. The highest BCUT2D eigenvalue weighted by Gasteiger charge is 2.14. The number of anilines is 2. The molecule has 0 aliphatic carbocycles. The van der Waals surface area contributed by atoms with Crippen LogP contribution in [0.3, 0.4) is 0 Å². The molecule has 0 aliphatic rings. The Bertz CT molecular complexity index is 676. The Kier molecular flexibility index (Phi) is 4.64. The van der Waals surface area contributed by atoms with Crippen molar-refractivity contribution >= 4 is 29.3 Å². The highest BCUT2D eigenvalue weighted by atomic mass is 35.5. The van der Waals surface area contributed by atoms with E-state index in [2.05, 4.69) is 30.8 Å². The van der Waals surface area contributed by atoms with Crippen LogP contribution in [-0.4, -0.2) is 32.6 Å². The molecular formula is C13H15ClN6O. The molecule has 0 saturated carbocycles. The van der Waals surface area contributed by atoms with Gasteiger partial charge in [0.2, 0.25) is 5.95 Å². The van der Waals surface area contributed by atoms with Crippen LogP contribution >= 0.6 is 11.6 Å². The van der Waals surface area contributed by atoms with Gasteiger partial charge < -0.3 is 5.32 Å². The van der Waals surface area contributed by atoms with E-state index in [0.29, 0.717) is 29.3 Å². The molecule has 0 spiro atoms. The molecule has 2 rings (SSSR count). The third-order valence-corrected chi connectivity index (χ3v) is 3.08. The smallest absolute Gasteiger partial charge is 0.259 e. The molecule has 0 unspecified atom stereocenters. The third-order valence-electron chi connectivity index (χ3n) is 2.78. The Morgan fingerprint density at radius 3 is 2.71 bits per heavy atom. The van der Waals surface area contributed by atoms with E-state index in [1.165, 1.54) is 6.20 Å². The van der Waals surface area contributed by atoms with Gasteiger partial charge in [0.05, 0.1) is 22.0 Å². The van der Waals surface area contributed by atoms with Gasteiger partial charge in [-0.15, -0.1) is 5.10 Å². The maximum Gasteiger partial charge on any atom is 0.259 e. The summed E-state index contributed by atoms with van der Waals surface area (Å²) < 4.78 is 0. The summed E-state index contributed by atoms with van der Waals surface area (Å²) in [5.41, 5.74) is 1.71. The van der Waals surface area contributed by atoms with Gasteiger partial charge >= 0.3 is 0 Å². The van der Waals surface area contributed by atoms with Crippen molar-refractivity contribution in [3.05, 3.63) is 34.2 Å². The monoisotopic (exact) mass is 306 g/mol. The summed E-state index contributed by atoms with van der Waals surface area (Å²) in [4.78, 5) is 20.5. The fourth-order valence-corrected chi connectivity index (χ4v) is 1.76. The first-order valence-corrected chi connectivity index (χ1v) is 6.77. The number of amides is 1. The molecule has 7 nitrogen and oxygen atoms in total. The summed E-state index contributed by atoms with van der Waals surface area (Å²) in [7, 11) is 0. The van der Waals surface area contributed by atoms with Crippen LogP contribution in [-0.2, 0) is 0 Å². The largest absolute Gasteiger partial charge is 0.370 e. The lowest BCUT2D eigenvalue weighted by Gasteiger charge is -2.08. The molecule has 21 heavy (non-hydrogen) atoms. The number of rotatable bonds is 4. The molecule has 2 N–H and O–H groups in total. The van der Waals surface area contributed by atoms with Crippen LogP contribution in [0.15, 0.2) is 12.3 Å². The van der Waals surface area contributed by atoms with Gasteiger partial charge in [0, 0.05) is 12.7 Å². The molecule has 0 aliphatic heterocycles. The third kappa shape index (κ3) is 3.63. The van der Waals surface area contributed by atoms with Crippen molar-refractivity contribution < 1.29 is 4.79 Å². The number of carbonyl (C=O) groups is 1. The van der Waals surface area contributed by atoms with E-state index in [-0.39, 0.29) is 11.0 Å². The molecular weight excluding hydrogens is 292 g/mol. The van der Waals surface area contributed by atoms with Crippen molar-refractivity contribution in [2.45, 2.75) is 20.8 Å². The molecule has 0 radical (unpaired) electrons. The summed E-state index contributed by atoms with van der Waals surface area (Å²) in [6.45, 7) is 6.22. The van der Waals surface area contributed by atoms with Gasteiger partial charge in [-0.2, -0.15) is 5.10 Å². The Morgan fingerprint density at radius 1 is 1.29 bits per heavy atom. The summed E-state index contributed by atoms with van der Waals surface area (Å²) in [6, 6.07) is 1.58. The predicted octanol–water partition coefficient (Wildman–Crippen LogP) is 2.22. The Hall–Kier alpha value is -2.28. The number of halogens is 1. The van der Waals surface area contributed by atoms with Crippen LogP contribution in [0, 0.1) is 13.8 Å². The van der Waals surface area contributed by atoms with Crippen LogP contribution in [0.4, 0.5) is 11.8 Å². The van der Waals surface area contributed by atoms with E-state index in [1.807, 2.05) is 6.92 Å². The van der Waals surface area contributed by atoms with Gasteiger partial charge in [0.25, 0.3) is 5.91 Å². The van der Waals surface area contributed by atoms with Crippen LogP contribution in [0.5, 0.6) is 0 Å². The van der Waals surface area contributed by atoms with E-state index in [0.717, 1.165) is 0 Å². The first-order chi connectivity index (χ1) is 10.0. The number of nitrogens with zero attached hydrogens (tertiary/aromatic N) is 4. The second-order valence-electron chi connectivity index (χ2n) is 4.34. The van der Waals surface area contributed by atoms with Crippen molar-refractivity contribution in [2.24, 2.45) is 0 Å². The molecule has 1 amide bonds. The number of pyridine rings is 1. The molecule has 8 heteroatoms. The van der Waals surface area contributed by atoms with Crippen molar-refractivity contribution in [1.29, 1.82) is 0 Å². The summed E-state index contributed by atoms with van der Waals surface area (Å²) >= 11 is 6.01. The number of nitrogens with one attached hydrogen (secondary N) is 2. The molecule has 0 saturated heterocycles. The minimum Gasteiger partial charge on any atom is -0.370 e. The van der Waals surface area contributed by atoms with Crippen LogP contribution < -0.4 is 10.6 Å². The summed E-state index contributed by atoms with van der Waals surface area (Å²) in [5.74, 6) is 0.304. The number of aromatic nitrogens is 4. The fourth-order valence-electron chi connectivity index (χ4n) is 1.57. The highest BCUT2D eigenvalue weighted by molar-refractivity contribution is 6.34. The predicted molar refractivity (Wildman–Crippen MR) is 80.7 cm³/mol. The van der Waals surface area contributed by atoms with Gasteiger partial charge in [-0.25, -0.2) is 9.97 Å². The highest BCUT2D eigenvalue weighted by Crippen LogP contribution is 2.19. The minimum atomic E-state index is -0.411. The van der Waals surface area contributed by atoms with Gasteiger partial charge in [-0.05, 0) is 26.8 Å². The van der Waals surface area contributed by atoms with Gasteiger partial charge in [-0.3, -0.25) is 10.1 Å². The number of hydrogen-bond acceptors (Lipinski definition) is 6. The number of carbonyl (C=O) groups excluding carboxylic acids is 1. The zero-order valence-electron chi connectivity index (χ0n) is 11.9. The first kappa shape index (κ1) is 15.1. The number of aryl methyl sites for hydroxylation is 2. The van der Waals surface area contributed by atoms with Crippen molar-refractivity contribution in [2.75, 3.05) is 17.2 Å². The molecule has 2 aromatic rings. The first-order valence-electron chi connectivity index (χ1n) is 6.40. The Labute approximate surface area is 127 Å². The molecule has 0 bridgehead atoms. The summed E-state index contributed by atoms with van der Waals surface area (Å²) in [5, 5.41) is 13.6. The topological polar surface area (TPSA) is 92.7 Å². The maximum atomic E-state index is 12.2. The normalized spacial score (nSPS) is 10.3. The average molecular weight is 307 g/mol. The van der Waals surface area contributed by atoms with Crippen LogP contribution in [0.2, 0.25) is 5.02 Å². The second-order valence-corrected chi connectivity index (χ2v) is 4.75. The zero-order valence-corrected chi connectivity index (χ0v) is 12.7. The standard InChI is InChI=1S/C13H15ClN6O/c1-4-15-11-5-9(10(14)6-16-11)12(21)18-13-17-7(2)8(3)19-20-13/h5-6H,4H2,1-3H3,(H,15,16)(H,17,18,20,21).